The maximum atomic E-state index is 9.71. The summed E-state index contributed by atoms with van der Waals surface area (Å²) in [5.41, 5.74) is 3.07. The van der Waals surface area contributed by atoms with Gasteiger partial charge in [0.1, 0.15) is 12.4 Å². The van der Waals surface area contributed by atoms with Gasteiger partial charge in [-0.1, -0.05) is 23.7 Å². The van der Waals surface area contributed by atoms with Crippen LogP contribution in [0, 0.1) is 11.3 Å². The molecule has 4 nitrogen and oxygen atoms in total. The number of hydrogen-bond acceptors (Lipinski definition) is 4. The Morgan fingerprint density at radius 2 is 1.61 bits per heavy atom. The molecule has 0 unspecified atom stereocenters. The van der Waals surface area contributed by atoms with Crippen LogP contribution in [-0.4, -0.2) is 14.2 Å². The first-order chi connectivity index (χ1) is 14.9. The van der Waals surface area contributed by atoms with Crippen molar-refractivity contribution in [2.75, 3.05) is 14.2 Å². The van der Waals surface area contributed by atoms with Crippen molar-refractivity contribution in [1.82, 2.24) is 0 Å². The number of rotatable bonds is 7. The summed E-state index contributed by atoms with van der Waals surface area (Å²) in [5.74, 6) is 1.85. The number of hydrogen-bond donors (Lipinski definition) is 0. The van der Waals surface area contributed by atoms with Gasteiger partial charge in [0.15, 0.2) is 11.5 Å². The van der Waals surface area contributed by atoms with Crippen LogP contribution in [0.3, 0.4) is 0 Å². The lowest BCUT2D eigenvalue weighted by Crippen LogP contribution is -1.97. The highest BCUT2D eigenvalue weighted by atomic mass is 79.9. The summed E-state index contributed by atoms with van der Waals surface area (Å²) >= 11 is 13.1. The van der Waals surface area contributed by atoms with Crippen LogP contribution in [0.15, 0.2) is 63.5 Å². The lowest BCUT2D eigenvalue weighted by Gasteiger charge is -2.12. The standard InChI is InChI=1S/C24H18Br2ClNO3/c1-29-22-8-5-17(12-23(22)30-2)18(13-28)9-16-10-20(25)24(21(26)11-16)31-14-15-3-6-19(27)7-4-15/h3-12H,14H2,1-2H3/b18-9+. The number of nitriles is 1. The average molecular weight is 564 g/mol. The lowest BCUT2D eigenvalue weighted by atomic mass is 10.0. The van der Waals surface area contributed by atoms with Crippen LogP contribution in [0.4, 0.5) is 0 Å². The summed E-state index contributed by atoms with van der Waals surface area (Å²) in [5, 5.41) is 10.4. The Labute approximate surface area is 203 Å². The van der Waals surface area contributed by atoms with E-state index in [1.165, 1.54) is 0 Å². The molecular weight excluding hydrogens is 546 g/mol. The van der Waals surface area contributed by atoms with Crippen molar-refractivity contribution >= 4 is 55.1 Å². The molecule has 0 aliphatic rings. The van der Waals surface area contributed by atoms with E-state index in [1.54, 1.807) is 32.4 Å². The zero-order valence-electron chi connectivity index (χ0n) is 16.8. The van der Waals surface area contributed by atoms with E-state index >= 15 is 0 Å². The lowest BCUT2D eigenvalue weighted by molar-refractivity contribution is 0.302. The molecule has 0 aliphatic carbocycles. The van der Waals surface area contributed by atoms with Crippen LogP contribution in [0.2, 0.25) is 5.02 Å². The van der Waals surface area contributed by atoms with Gasteiger partial charge >= 0.3 is 0 Å². The predicted octanol–water partition coefficient (Wildman–Crippen LogP) is 7.53. The third-order valence-corrected chi connectivity index (χ3v) is 5.87. The molecule has 0 bridgehead atoms. The highest BCUT2D eigenvalue weighted by molar-refractivity contribution is 9.11. The van der Waals surface area contributed by atoms with Crippen LogP contribution >= 0.6 is 43.5 Å². The monoisotopic (exact) mass is 561 g/mol. The van der Waals surface area contributed by atoms with Crippen molar-refractivity contribution in [3.8, 4) is 23.3 Å². The molecule has 158 valence electrons. The molecule has 0 atom stereocenters. The number of nitrogens with zero attached hydrogens (tertiary/aromatic N) is 1. The molecule has 0 heterocycles. The minimum absolute atomic E-state index is 0.401. The predicted molar refractivity (Wildman–Crippen MR) is 131 cm³/mol. The second-order valence-electron chi connectivity index (χ2n) is 6.47. The SMILES string of the molecule is COc1ccc(/C(C#N)=C/c2cc(Br)c(OCc3ccc(Cl)cc3)c(Br)c2)cc1OC. The Morgan fingerprint density at radius 3 is 2.19 bits per heavy atom. The van der Waals surface area contributed by atoms with Crippen molar-refractivity contribution in [2.24, 2.45) is 0 Å². The largest absolute Gasteiger partial charge is 0.493 e. The molecule has 31 heavy (non-hydrogen) atoms. The Bertz CT molecular complexity index is 1130. The fraction of sp³-hybridized carbons (Fsp3) is 0.125. The van der Waals surface area contributed by atoms with Gasteiger partial charge in [-0.05, 0) is 97.1 Å². The smallest absolute Gasteiger partial charge is 0.161 e. The van der Waals surface area contributed by atoms with Gasteiger partial charge in [-0.25, -0.2) is 0 Å². The molecule has 0 aromatic heterocycles. The molecule has 3 aromatic carbocycles. The molecule has 0 saturated heterocycles. The van der Waals surface area contributed by atoms with Crippen LogP contribution in [0.1, 0.15) is 16.7 Å². The topological polar surface area (TPSA) is 51.5 Å². The first-order valence-electron chi connectivity index (χ1n) is 9.15. The van der Waals surface area contributed by atoms with Gasteiger partial charge in [-0.15, -0.1) is 0 Å². The summed E-state index contributed by atoms with van der Waals surface area (Å²) < 4.78 is 18.1. The van der Waals surface area contributed by atoms with Gasteiger partial charge in [0.05, 0.1) is 34.8 Å². The van der Waals surface area contributed by atoms with Crippen molar-refractivity contribution in [2.45, 2.75) is 6.61 Å². The molecule has 0 aliphatic heterocycles. The number of methoxy groups -OCH3 is 2. The van der Waals surface area contributed by atoms with Gasteiger partial charge in [0.2, 0.25) is 0 Å². The quantitative estimate of drug-likeness (QED) is 0.220. The van der Waals surface area contributed by atoms with Crippen LogP contribution in [-0.2, 0) is 6.61 Å². The van der Waals surface area contributed by atoms with Crippen molar-refractivity contribution in [3.63, 3.8) is 0 Å². The van der Waals surface area contributed by atoms with Gasteiger partial charge in [-0.2, -0.15) is 5.26 Å². The van der Waals surface area contributed by atoms with E-state index in [9.17, 15) is 5.26 Å². The maximum absolute atomic E-state index is 9.71. The number of ether oxygens (including phenoxy) is 3. The van der Waals surface area contributed by atoms with Crippen LogP contribution < -0.4 is 14.2 Å². The summed E-state index contributed by atoms with van der Waals surface area (Å²) in [4.78, 5) is 0. The minimum Gasteiger partial charge on any atom is -0.493 e. The summed E-state index contributed by atoms with van der Waals surface area (Å²) in [7, 11) is 3.14. The first kappa shape index (κ1) is 23.2. The first-order valence-corrected chi connectivity index (χ1v) is 11.1. The van der Waals surface area contributed by atoms with E-state index < -0.39 is 0 Å². The highest BCUT2D eigenvalue weighted by Gasteiger charge is 2.12. The Morgan fingerprint density at radius 1 is 0.968 bits per heavy atom. The summed E-state index contributed by atoms with van der Waals surface area (Å²) in [6.07, 6.45) is 1.81. The second kappa shape index (κ2) is 10.7. The van der Waals surface area contributed by atoms with Crippen LogP contribution in [0.5, 0.6) is 17.2 Å². The Kier molecular flexibility index (Phi) is 8.03. The minimum atomic E-state index is 0.401. The van der Waals surface area contributed by atoms with Crippen molar-refractivity contribution in [3.05, 3.63) is 85.3 Å². The third kappa shape index (κ3) is 5.82. The number of halogens is 3. The normalized spacial score (nSPS) is 11.0. The molecule has 0 N–H and O–H groups in total. The van der Waals surface area contributed by atoms with Crippen molar-refractivity contribution in [1.29, 1.82) is 5.26 Å². The number of benzene rings is 3. The number of allylic oxidation sites excluding steroid dienone is 1. The summed E-state index contributed by atoms with van der Waals surface area (Å²) in [6, 6.07) is 18.9. The second-order valence-corrected chi connectivity index (χ2v) is 8.61. The molecule has 3 rings (SSSR count). The van der Waals surface area contributed by atoms with Crippen LogP contribution in [0.25, 0.3) is 11.6 Å². The Balaban J connectivity index is 1.86. The van der Waals surface area contributed by atoms with E-state index in [-0.39, 0.29) is 0 Å². The van der Waals surface area contributed by atoms with Gasteiger partial charge in [0, 0.05) is 5.02 Å². The molecule has 0 spiro atoms. The molecule has 0 saturated carbocycles. The molecule has 0 radical (unpaired) electrons. The van der Waals surface area contributed by atoms with E-state index in [1.807, 2.05) is 42.5 Å². The van der Waals surface area contributed by atoms with Crippen molar-refractivity contribution < 1.29 is 14.2 Å². The van der Waals surface area contributed by atoms with Gasteiger partial charge < -0.3 is 14.2 Å². The van der Waals surface area contributed by atoms with Gasteiger partial charge in [-0.3, -0.25) is 0 Å². The van der Waals surface area contributed by atoms with Gasteiger partial charge in [0.25, 0.3) is 0 Å². The zero-order valence-corrected chi connectivity index (χ0v) is 20.7. The average Bonchev–Trinajstić information content (AvgIpc) is 2.77. The highest BCUT2D eigenvalue weighted by Crippen LogP contribution is 2.37. The molecule has 0 fully saturated rings. The fourth-order valence-corrected chi connectivity index (χ4v) is 4.46. The van der Waals surface area contributed by atoms with E-state index in [2.05, 4.69) is 37.9 Å². The molecule has 0 amide bonds. The zero-order chi connectivity index (χ0) is 22.4. The van der Waals surface area contributed by atoms with E-state index in [0.29, 0.717) is 34.5 Å². The van der Waals surface area contributed by atoms with E-state index in [0.717, 1.165) is 25.6 Å². The molecule has 3 aromatic rings. The maximum Gasteiger partial charge on any atom is 0.161 e. The molecular formula is C24H18Br2ClNO3. The third-order valence-electron chi connectivity index (χ3n) is 4.44. The molecule has 7 heteroatoms. The van der Waals surface area contributed by atoms with E-state index in [4.69, 9.17) is 25.8 Å². The summed E-state index contributed by atoms with van der Waals surface area (Å²) in [6.45, 7) is 0.401. The Hall–Kier alpha value is -2.46. The fourth-order valence-electron chi connectivity index (χ4n) is 2.89.